The molecule has 0 aliphatic carbocycles. The third kappa shape index (κ3) is 3.78. The van der Waals surface area contributed by atoms with Crippen molar-refractivity contribution in [3.8, 4) is 0 Å². The maximum atomic E-state index is 12.6. The van der Waals surface area contributed by atoms with Gasteiger partial charge in [-0.05, 0) is 44.7 Å². The molecule has 2 aromatic rings. The zero-order valence-corrected chi connectivity index (χ0v) is 16.9. The summed E-state index contributed by atoms with van der Waals surface area (Å²) in [6, 6.07) is 4.04. The van der Waals surface area contributed by atoms with Gasteiger partial charge >= 0.3 is 0 Å². The van der Waals surface area contributed by atoms with E-state index in [-0.39, 0.29) is 17.6 Å². The third-order valence-electron chi connectivity index (χ3n) is 6.15. The summed E-state index contributed by atoms with van der Waals surface area (Å²) in [6.45, 7) is 5.25. The van der Waals surface area contributed by atoms with Gasteiger partial charge in [0.15, 0.2) is 5.65 Å². The first kappa shape index (κ1) is 19.3. The number of aromatic nitrogens is 3. The minimum atomic E-state index is 0.0894. The van der Waals surface area contributed by atoms with E-state index < -0.39 is 0 Å². The van der Waals surface area contributed by atoms with Crippen molar-refractivity contribution < 1.29 is 14.3 Å². The van der Waals surface area contributed by atoms with Crippen LogP contribution in [0.25, 0.3) is 11.2 Å². The van der Waals surface area contributed by atoms with Crippen LogP contribution in [0.3, 0.4) is 0 Å². The van der Waals surface area contributed by atoms with Crippen molar-refractivity contribution >= 4 is 17.1 Å². The van der Waals surface area contributed by atoms with E-state index >= 15 is 0 Å². The number of likely N-dealkylation sites (tertiary alicyclic amines) is 1. The van der Waals surface area contributed by atoms with Gasteiger partial charge in [-0.1, -0.05) is 0 Å². The van der Waals surface area contributed by atoms with E-state index in [1.54, 1.807) is 13.3 Å². The number of imidazole rings is 1. The second-order valence-electron chi connectivity index (χ2n) is 8.06. The van der Waals surface area contributed by atoms with Gasteiger partial charge in [0.2, 0.25) is 5.91 Å². The van der Waals surface area contributed by atoms with E-state index in [1.807, 2.05) is 17.0 Å². The van der Waals surface area contributed by atoms with Crippen molar-refractivity contribution in [2.45, 2.75) is 57.1 Å². The normalized spacial score (nSPS) is 19.7. The summed E-state index contributed by atoms with van der Waals surface area (Å²) in [6.07, 6.45) is 7.02. The Morgan fingerprint density at radius 3 is 2.82 bits per heavy atom. The summed E-state index contributed by atoms with van der Waals surface area (Å²) < 4.78 is 13.2. The number of carbonyl (C=O) groups is 1. The molecule has 0 N–H and O–H groups in total. The van der Waals surface area contributed by atoms with Gasteiger partial charge in [-0.15, -0.1) is 0 Å². The molecule has 0 bridgehead atoms. The molecule has 0 saturated carbocycles. The van der Waals surface area contributed by atoms with E-state index in [4.69, 9.17) is 14.5 Å². The van der Waals surface area contributed by atoms with E-state index in [0.29, 0.717) is 13.0 Å². The van der Waals surface area contributed by atoms with E-state index in [1.165, 1.54) is 0 Å². The molecule has 7 heteroatoms. The van der Waals surface area contributed by atoms with Crippen LogP contribution in [-0.4, -0.2) is 64.4 Å². The molecule has 28 heavy (non-hydrogen) atoms. The number of aryl methyl sites for hydroxylation is 1. The largest absolute Gasteiger partial charge is 0.383 e. The fourth-order valence-electron chi connectivity index (χ4n) is 4.44. The lowest BCUT2D eigenvalue weighted by molar-refractivity contribution is -0.176. The molecule has 1 spiro atoms. The molecular formula is C21H30N4O3. The van der Waals surface area contributed by atoms with Crippen LogP contribution in [0.15, 0.2) is 18.3 Å². The fraction of sp³-hybridized carbons (Fsp3) is 0.667. The van der Waals surface area contributed by atoms with Gasteiger partial charge < -0.3 is 18.9 Å². The van der Waals surface area contributed by atoms with Gasteiger partial charge in [0.25, 0.3) is 0 Å². The van der Waals surface area contributed by atoms with Crippen molar-refractivity contribution in [1.29, 1.82) is 0 Å². The molecular weight excluding hydrogens is 356 g/mol. The number of pyridine rings is 1. The SMILES string of the molecule is COCC(C)n1c(CCCC(=O)N2CCC3(CCO3)CC2)nc2cccnc21. The van der Waals surface area contributed by atoms with Crippen molar-refractivity contribution in [1.82, 2.24) is 19.4 Å². The number of hydrogen-bond donors (Lipinski definition) is 0. The van der Waals surface area contributed by atoms with Crippen LogP contribution in [0.1, 0.15) is 50.9 Å². The zero-order chi connectivity index (χ0) is 19.6. The smallest absolute Gasteiger partial charge is 0.222 e. The Labute approximate surface area is 166 Å². The summed E-state index contributed by atoms with van der Waals surface area (Å²) in [5.41, 5.74) is 1.87. The number of fused-ring (bicyclic) bond motifs is 1. The molecule has 2 aliphatic rings. The lowest BCUT2D eigenvalue weighted by Gasteiger charge is -2.47. The standard InChI is InChI=1S/C21H30N4O3/c1-16(15-27-2)25-18(23-17-5-4-11-22-20(17)25)6-3-7-19(26)24-12-8-21(9-13-24)10-14-28-21/h4-5,11,16H,3,6-10,12-15H2,1-2H3. The van der Waals surface area contributed by atoms with Crippen LogP contribution in [0.5, 0.6) is 0 Å². The highest BCUT2D eigenvalue weighted by atomic mass is 16.5. The van der Waals surface area contributed by atoms with Gasteiger partial charge in [-0.25, -0.2) is 9.97 Å². The number of nitrogens with zero attached hydrogens (tertiary/aromatic N) is 4. The number of piperidine rings is 1. The summed E-state index contributed by atoms with van der Waals surface area (Å²) in [5, 5.41) is 0. The van der Waals surface area contributed by atoms with Crippen molar-refractivity contribution in [2.75, 3.05) is 33.4 Å². The minimum Gasteiger partial charge on any atom is -0.383 e. The lowest BCUT2D eigenvalue weighted by atomic mass is 9.84. The van der Waals surface area contributed by atoms with Gasteiger partial charge in [0, 0.05) is 39.2 Å². The van der Waals surface area contributed by atoms with Crippen LogP contribution in [0.4, 0.5) is 0 Å². The second kappa shape index (κ2) is 8.17. The maximum Gasteiger partial charge on any atom is 0.222 e. The topological polar surface area (TPSA) is 69.5 Å². The quantitative estimate of drug-likeness (QED) is 0.732. The van der Waals surface area contributed by atoms with E-state index in [9.17, 15) is 4.79 Å². The third-order valence-corrected chi connectivity index (χ3v) is 6.15. The number of carbonyl (C=O) groups excluding carboxylic acids is 1. The van der Waals surface area contributed by atoms with Gasteiger partial charge in [0.05, 0.1) is 24.9 Å². The zero-order valence-electron chi connectivity index (χ0n) is 16.9. The van der Waals surface area contributed by atoms with E-state index in [0.717, 1.165) is 68.8 Å². The predicted molar refractivity (Wildman–Crippen MR) is 106 cm³/mol. The molecule has 2 aliphatic heterocycles. The highest BCUT2D eigenvalue weighted by Gasteiger charge is 2.41. The molecule has 7 nitrogen and oxygen atoms in total. The highest BCUT2D eigenvalue weighted by Crippen LogP contribution is 2.36. The molecule has 1 unspecified atom stereocenters. The molecule has 2 fully saturated rings. The van der Waals surface area contributed by atoms with Crippen molar-refractivity contribution in [3.05, 3.63) is 24.2 Å². The van der Waals surface area contributed by atoms with Crippen LogP contribution < -0.4 is 0 Å². The molecule has 2 aromatic heterocycles. The van der Waals surface area contributed by atoms with Crippen LogP contribution >= 0.6 is 0 Å². The molecule has 1 atom stereocenters. The molecule has 1 amide bonds. The minimum absolute atomic E-state index is 0.0894. The fourth-order valence-corrected chi connectivity index (χ4v) is 4.44. The first-order valence-corrected chi connectivity index (χ1v) is 10.3. The molecule has 4 heterocycles. The molecule has 152 valence electrons. The number of amides is 1. The predicted octanol–water partition coefficient (Wildman–Crippen LogP) is 2.74. The Hall–Kier alpha value is -1.99. The Morgan fingerprint density at radius 2 is 2.14 bits per heavy atom. The average molecular weight is 386 g/mol. The van der Waals surface area contributed by atoms with Crippen molar-refractivity contribution in [3.63, 3.8) is 0 Å². The van der Waals surface area contributed by atoms with Crippen LogP contribution in [-0.2, 0) is 20.7 Å². The van der Waals surface area contributed by atoms with Crippen LogP contribution in [0.2, 0.25) is 0 Å². The van der Waals surface area contributed by atoms with Crippen molar-refractivity contribution in [2.24, 2.45) is 0 Å². The Kier molecular flexibility index (Phi) is 5.64. The number of hydrogen-bond acceptors (Lipinski definition) is 5. The van der Waals surface area contributed by atoms with Gasteiger partial charge in [0.1, 0.15) is 11.3 Å². The van der Waals surface area contributed by atoms with Crippen LogP contribution in [0, 0.1) is 0 Å². The summed E-state index contributed by atoms with van der Waals surface area (Å²) in [7, 11) is 1.71. The summed E-state index contributed by atoms with van der Waals surface area (Å²) in [5.74, 6) is 1.23. The molecule has 2 saturated heterocycles. The first-order valence-electron chi connectivity index (χ1n) is 10.3. The Morgan fingerprint density at radius 1 is 1.36 bits per heavy atom. The van der Waals surface area contributed by atoms with Gasteiger partial charge in [-0.3, -0.25) is 4.79 Å². The monoisotopic (exact) mass is 386 g/mol. The summed E-state index contributed by atoms with van der Waals surface area (Å²) >= 11 is 0. The summed E-state index contributed by atoms with van der Waals surface area (Å²) in [4.78, 5) is 23.9. The average Bonchev–Trinajstić information content (AvgIpc) is 3.05. The number of rotatable bonds is 7. The Balaban J connectivity index is 1.36. The first-order chi connectivity index (χ1) is 13.6. The van der Waals surface area contributed by atoms with E-state index in [2.05, 4.69) is 16.5 Å². The highest BCUT2D eigenvalue weighted by molar-refractivity contribution is 5.76. The number of ether oxygens (including phenoxy) is 2. The lowest BCUT2D eigenvalue weighted by Crippen LogP contribution is -2.53. The maximum absolute atomic E-state index is 12.6. The molecule has 0 aromatic carbocycles. The van der Waals surface area contributed by atoms with Gasteiger partial charge in [-0.2, -0.15) is 0 Å². The molecule has 0 radical (unpaired) electrons. The molecule has 4 rings (SSSR count). The Bertz CT molecular complexity index is 820. The second-order valence-corrected chi connectivity index (χ2v) is 8.06. The number of methoxy groups -OCH3 is 1.